The van der Waals surface area contributed by atoms with Crippen LogP contribution in [0.5, 0.6) is 5.75 Å². The van der Waals surface area contributed by atoms with Crippen LogP contribution < -0.4 is 10.1 Å². The van der Waals surface area contributed by atoms with Gasteiger partial charge in [0, 0.05) is 36.7 Å². The molecule has 1 aromatic carbocycles. The quantitative estimate of drug-likeness (QED) is 0.233. The molecular weight excluding hydrogens is 486 g/mol. The Labute approximate surface area is 230 Å². The van der Waals surface area contributed by atoms with E-state index in [0.717, 1.165) is 24.4 Å². The number of carbonyl (C=O) groups excluding carboxylic acids is 1. The van der Waals surface area contributed by atoms with Gasteiger partial charge in [0.1, 0.15) is 5.75 Å². The number of likely N-dealkylation sites (tertiary alicyclic amines) is 1. The summed E-state index contributed by atoms with van der Waals surface area (Å²) >= 11 is 0. The summed E-state index contributed by atoms with van der Waals surface area (Å²) in [4.78, 5) is 20.7. The second-order valence-electron chi connectivity index (χ2n) is 12.4. The molecule has 3 fully saturated rings. The minimum Gasteiger partial charge on any atom is -0.497 e. The molecule has 6 nitrogen and oxygen atoms in total. The highest BCUT2D eigenvalue weighted by molar-refractivity contribution is 5.97. The SMILES string of the molecule is CCCCC1(CCCC)CN(CC2/C(=N/OC(=O)Nc3ccc(OC)cc3)[C@]3(C)CC[C@H]2C3(C)C)C1.Cl. The molecule has 1 saturated heterocycles. The van der Waals surface area contributed by atoms with Crippen molar-refractivity contribution < 1.29 is 14.4 Å². The van der Waals surface area contributed by atoms with Gasteiger partial charge in [-0.25, -0.2) is 4.79 Å². The van der Waals surface area contributed by atoms with Crippen LogP contribution in [0.4, 0.5) is 10.5 Å². The van der Waals surface area contributed by atoms with Gasteiger partial charge in [0.25, 0.3) is 0 Å². The zero-order valence-corrected chi connectivity index (χ0v) is 24.6. The summed E-state index contributed by atoms with van der Waals surface area (Å²) in [7, 11) is 1.62. The third kappa shape index (κ3) is 5.80. The number of carbonyl (C=O) groups is 1. The van der Waals surface area contributed by atoms with Gasteiger partial charge >= 0.3 is 6.09 Å². The predicted octanol–water partition coefficient (Wildman–Crippen LogP) is 7.78. The lowest BCUT2D eigenvalue weighted by atomic mass is 9.70. The molecule has 1 amide bonds. The average molecular weight is 534 g/mol. The van der Waals surface area contributed by atoms with Crippen LogP contribution >= 0.6 is 12.4 Å². The second kappa shape index (κ2) is 11.9. The lowest BCUT2D eigenvalue weighted by Gasteiger charge is -2.52. The van der Waals surface area contributed by atoms with E-state index in [-0.39, 0.29) is 23.2 Å². The molecule has 1 unspecified atom stereocenters. The average Bonchev–Trinajstić information content (AvgIpc) is 3.16. The summed E-state index contributed by atoms with van der Waals surface area (Å²) in [5.74, 6) is 1.67. The third-order valence-electron chi connectivity index (χ3n) is 9.96. The number of amides is 1. The zero-order valence-electron chi connectivity index (χ0n) is 23.8. The molecule has 3 atom stereocenters. The molecule has 7 heteroatoms. The fraction of sp³-hybridized carbons (Fsp3) is 0.733. The Balaban J connectivity index is 0.00000380. The molecule has 0 aromatic heterocycles. The highest BCUT2D eigenvalue weighted by atomic mass is 35.5. The Kier molecular flexibility index (Phi) is 9.61. The third-order valence-corrected chi connectivity index (χ3v) is 9.96. The van der Waals surface area contributed by atoms with E-state index in [1.807, 2.05) is 12.1 Å². The van der Waals surface area contributed by atoms with Crippen LogP contribution in [0.25, 0.3) is 0 Å². The summed E-state index contributed by atoms with van der Waals surface area (Å²) < 4.78 is 5.19. The van der Waals surface area contributed by atoms with Crippen molar-refractivity contribution in [2.75, 3.05) is 32.1 Å². The van der Waals surface area contributed by atoms with Crippen molar-refractivity contribution in [2.45, 2.75) is 86.0 Å². The van der Waals surface area contributed by atoms with E-state index in [9.17, 15) is 4.79 Å². The molecule has 2 bridgehead atoms. The number of anilines is 1. The number of unbranched alkanes of at least 4 members (excludes halogenated alkanes) is 2. The molecule has 2 aliphatic carbocycles. The maximum atomic E-state index is 12.6. The fourth-order valence-electron chi connectivity index (χ4n) is 7.44. The van der Waals surface area contributed by atoms with Gasteiger partial charge in [0.2, 0.25) is 0 Å². The lowest BCUT2D eigenvalue weighted by Crippen LogP contribution is -2.58. The highest BCUT2D eigenvalue weighted by Crippen LogP contribution is 2.66. The zero-order chi connectivity index (χ0) is 26.0. The minimum atomic E-state index is -0.544. The van der Waals surface area contributed by atoms with E-state index in [1.54, 1.807) is 19.2 Å². The standard InChI is InChI=1S/C30H47N3O3.ClH/c1-7-9-16-30(17-10-8-2)20-33(21-30)19-24-25-15-18-29(5,28(25,3)4)26(24)32-36-27(34)31-22-11-13-23(35-6)14-12-22;/h11-14,24-25H,7-10,15-21H2,1-6H3,(H,31,34);1H/b32-26-;/t24?,25-,29+;/m1./s1. The fourth-order valence-corrected chi connectivity index (χ4v) is 7.44. The van der Waals surface area contributed by atoms with Crippen LogP contribution in [-0.2, 0) is 4.84 Å². The van der Waals surface area contributed by atoms with Crippen molar-refractivity contribution in [3.05, 3.63) is 24.3 Å². The van der Waals surface area contributed by atoms with Crippen LogP contribution in [-0.4, -0.2) is 43.4 Å². The molecule has 37 heavy (non-hydrogen) atoms. The number of benzene rings is 1. The number of rotatable bonds is 11. The van der Waals surface area contributed by atoms with Gasteiger partial charge in [-0.1, -0.05) is 65.5 Å². The first-order valence-electron chi connectivity index (χ1n) is 14.1. The molecule has 3 aliphatic rings. The number of fused-ring (bicyclic) bond motifs is 2. The summed E-state index contributed by atoms with van der Waals surface area (Å²) in [6.07, 6.45) is 9.72. The number of methoxy groups -OCH3 is 1. The Morgan fingerprint density at radius 2 is 1.70 bits per heavy atom. The highest BCUT2D eigenvalue weighted by Gasteiger charge is 2.65. The Bertz CT molecular complexity index is 932. The molecule has 1 N–H and O–H groups in total. The van der Waals surface area contributed by atoms with Crippen LogP contribution in [0.1, 0.15) is 86.0 Å². The monoisotopic (exact) mass is 533 g/mol. The number of oxime groups is 1. The number of nitrogens with one attached hydrogen (secondary N) is 1. The van der Waals surface area contributed by atoms with Gasteiger partial charge < -0.3 is 9.64 Å². The molecule has 208 valence electrons. The van der Waals surface area contributed by atoms with E-state index < -0.39 is 6.09 Å². The van der Waals surface area contributed by atoms with Gasteiger partial charge in [0.05, 0.1) is 12.8 Å². The van der Waals surface area contributed by atoms with Gasteiger partial charge in [-0.3, -0.25) is 10.2 Å². The van der Waals surface area contributed by atoms with E-state index in [4.69, 9.17) is 9.57 Å². The van der Waals surface area contributed by atoms with Crippen LogP contribution in [0.3, 0.4) is 0 Å². The van der Waals surface area contributed by atoms with Crippen molar-refractivity contribution in [2.24, 2.45) is 33.2 Å². The first-order chi connectivity index (χ1) is 17.2. The molecule has 2 saturated carbocycles. The molecule has 1 aliphatic heterocycles. The Morgan fingerprint density at radius 1 is 1.08 bits per heavy atom. The number of ether oxygens (including phenoxy) is 1. The number of hydrogen-bond acceptors (Lipinski definition) is 5. The smallest absolute Gasteiger partial charge is 0.437 e. The van der Waals surface area contributed by atoms with Crippen molar-refractivity contribution in [1.82, 2.24) is 4.90 Å². The van der Waals surface area contributed by atoms with E-state index >= 15 is 0 Å². The Morgan fingerprint density at radius 3 is 2.27 bits per heavy atom. The van der Waals surface area contributed by atoms with Gasteiger partial charge in [0.15, 0.2) is 0 Å². The van der Waals surface area contributed by atoms with Crippen molar-refractivity contribution in [3.63, 3.8) is 0 Å². The number of hydrogen-bond donors (Lipinski definition) is 1. The molecule has 1 heterocycles. The maximum absolute atomic E-state index is 12.6. The largest absolute Gasteiger partial charge is 0.497 e. The van der Waals surface area contributed by atoms with Gasteiger partial charge in [-0.15, -0.1) is 12.4 Å². The van der Waals surface area contributed by atoms with Gasteiger partial charge in [-0.05, 0) is 66.7 Å². The maximum Gasteiger partial charge on any atom is 0.437 e. The summed E-state index contributed by atoms with van der Waals surface area (Å²) in [6.45, 7) is 15.2. The van der Waals surface area contributed by atoms with E-state index in [2.05, 4.69) is 50.0 Å². The van der Waals surface area contributed by atoms with Crippen molar-refractivity contribution in [3.8, 4) is 5.75 Å². The summed E-state index contributed by atoms with van der Waals surface area (Å²) in [5.41, 5.74) is 2.38. The predicted molar refractivity (Wildman–Crippen MR) is 154 cm³/mol. The van der Waals surface area contributed by atoms with Crippen LogP contribution in [0.15, 0.2) is 29.4 Å². The molecule has 0 spiro atoms. The second-order valence-corrected chi connectivity index (χ2v) is 12.4. The summed E-state index contributed by atoms with van der Waals surface area (Å²) in [6, 6.07) is 7.21. The molecular formula is C30H48ClN3O3. The lowest BCUT2D eigenvalue weighted by molar-refractivity contribution is -0.0265. The Hall–Kier alpha value is -1.79. The first kappa shape index (κ1) is 29.8. The molecule has 0 radical (unpaired) electrons. The van der Waals surface area contributed by atoms with E-state index in [0.29, 0.717) is 22.9 Å². The number of halogens is 1. The van der Waals surface area contributed by atoms with Crippen molar-refractivity contribution >= 4 is 29.9 Å². The topological polar surface area (TPSA) is 63.2 Å². The van der Waals surface area contributed by atoms with Gasteiger partial charge in [-0.2, -0.15) is 0 Å². The van der Waals surface area contributed by atoms with Crippen molar-refractivity contribution in [1.29, 1.82) is 0 Å². The van der Waals surface area contributed by atoms with Crippen LogP contribution in [0, 0.1) is 28.1 Å². The normalized spacial score (nSPS) is 28.4. The first-order valence-corrected chi connectivity index (χ1v) is 14.1. The van der Waals surface area contributed by atoms with Crippen LogP contribution in [0.2, 0.25) is 0 Å². The molecule has 1 aromatic rings. The van der Waals surface area contributed by atoms with E-state index in [1.165, 1.54) is 58.0 Å². The summed E-state index contributed by atoms with van der Waals surface area (Å²) in [5, 5.41) is 7.37. The number of nitrogens with zero attached hydrogens (tertiary/aromatic N) is 2. The molecule has 4 rings (SSSR count). The minimum absolute atomic E-state index is 0.